The highest BCUT2D eigenvalue weighted by molar-refractivity contribution is 5.89. The number of pyridine rings is 1. The van der Waals surface area contributed by atoms with Gasteiger partial charge in [-0.2, -0.15) is 5.10 Å². The number of carbonyl (C=O) groups excluding carboxylic acids is 1. The van der Waals surface area contributed by atoms with Gasteiger partial charge in [0.1, 0.15) is 0 Å². The minimum absolute atomic E-state index is 0.139. The van der Waals surface area contributed by atoms with Gasteiger partial charge >= 0.3 is 11.9 Å². The van der Waals surface area contributed by atoms with E-state index in [9.17, 15) is 9.59 Å². The Morgan fingerprint density at radius 2 is 2.20 bits per heavy atom. The SMILES string of the molecule is CCOC(=O)c1cnn(-c2nc(C(=O)O)ccc2N)c1. The maximum absolute atomic E-state index is 11.5. The molecule has 8 heteroatoms. The van der Waals surface area contributed by atoms with Crippen LogP contribution in [0.4, 0.5) is 5.69 Å². The third kappa shape index (κ3) is 2.58. The van der Waals surface area contributed by atoms with Crippen molar-refractivity contribution in [1.82, 2.24) is 14.8 Å². The fourth-order valence-corrected chi connectivity index (χ4v) is 1.52. The molecule has 0 saturated carbocycles. The zero-order chi connectivity index (χ0) is 14.7. The van der Waals surface area contributed by atoms with Crippen molar-refractivity contribution in [2.75, 3.05) is 12.3 Å². The van der Waals surface area contributed by atoms with Crippen LogP contribution in [0.5, 0.6) is 0 Å². The number of aromatic nitrogens is 3. The molecule has 20 heavy (non-hydrogen) atoms. The average molecular weight is 276 g/mol. The molecule has 0 radical (unpaired) electrons. The standard InChI is InChI=1S/C12H12N4O4/c1-2-20-12(19)7-5-14-16(6-7)10-8(13)3-4-9(15-10)11(17)18/h3-6H,2,13H2,1H3,(H,17,18). The van der Waals surface area contributed by atoms with Crippen molar-refractivity contribution in [2.24, 2.45) is 0 Å². The molecule has 0 aromatic carbocycles. The molecule has 104 valence electrons. The molecule has 0 fully saturated rings. The van der Waals surface area contributed by atoms with Crippen molar-refractivity contribution in [3.8, 4) is 5.82 Å². The van der Waals surface area contributed by atoms with E-state index in [1.54, 1.807) is 6.92 Å². The van der Waals surface area contributed by atoms with Crippen molar-refractivity contribution in [1.29, 1.82) is 0 Å². The van der Waals surface area contributed by atoms with Crippen LogP contribution in [-0.2, 0) is 4.74 Å². The number of esters is 1. The van der Waals surface area contributed by atoms with E-state index in [0.29, 0.717) is 0 Å². The third-order valence-electron chi connectivity index (χ3n) is 2.44. The van der Waals surface area contributed by atoms with Gasteiger partial charge in [-0.25, -0.2) is 19.3 Å². The van der Waals surface area contributed by atoms with E-state index in [4.69, 9.17) is 15.6 Å². The van der Waals surface area contributed by atoms with E-state index in [-0.39, 0.29) is 29.4 Å². The number of ether oxygens (including phenoxy) is 1. The Morgan fingerprint density at radius 3 is 2.85 bits per heavy atom. The molecule has 0 atom stereocenters. The topological polar surface area (TPSA) is 120 Å². The summed E-state index contributed by atoms with van der Waals surface area (Å²) < 4.78 is 6.06. The molecular formula is C12H12N4O4. The molecular weight excluding hydrogens is 264 g/mol. The summed E-state index contributed by atoms with van der Waals surface area (Å²) in [6, 6.07) is 2.70. The van der Waals surface area contributed by atoms with Gasteiger partial charge in [0, 0.05) is 6.20 Å². The normalized spacial score (nSPS) is 10.2. The Kier molecular flexibility index (Phi) is 3.65. The monoisotopic (exact) mass is 276 g/mol. The van der Waals surface area contributed by atoms with Crippen LogP contribution in [-0.4, -0.2) is 38.4 Å². The summed E-state index contributed by atoms with van der Waals surface area (Å²) >= 11 is 0. The first-order valence-electron chi connectivity index (χ1n) is 5.75. The van der Waals surface area contributed by atoms with Crippen LogP contribution in [0, 0.1) is 0 Å². The van der Waals surface area contributed by atoms with Gasteiger partial charge in [-0.05, 0) is 19.1 Å². The zero-order valence-electron chi connectivity index (χ0n) is 10.6. The molecule has 0 aliphatic heterocycles. The van der Waals surface area contributed by atoms with Gasteiger partial charge < -0.3 is 15.6 Å². The summed E-state index contributed by atoms with van der Waals surface area (Å²) in [6.45, 7) is 1.94. The summed E-state index contributed by atoms with van der Waals surface area (Å²) in [7, 11) is 0. The smallest absolute Gasteiger partial charge is 0.354 e. The first-order chi connectivity index (χ1) is 9.52. The van der Waals surface area contributed by atoms with Gasteiger partial charge in [0.15, 0.2) is 11.5 Å². The lowest BCUT2D eigenvalue weighted by Crippen LogP contribution is -2.08. The van der Waals surface area contributed by atoms with Gasteiger partial charge in [0.25, 0.3) is 0 Å². The molecule has 0 spiro atoms. The van der Waals surface area contributed by atoms with Crippen LogP contribution in [0.2, 0.25) is 0 Å². The molecule has 0 bridgehead atoms. The number of carboxylic acids is 1. The van der Waals surface area contributed by atoms with E-state index < -0.39 is 11.9 Å². The number of aromatic carboxylic acids is 1. The lowest BCUT2D eigenvalue weighted by atomic mass is 10.3. The molecule has 0 aliphatic rings. The summed E-state index contributed by atoms with van der Waals surface area (Å²) in [5, 5.41) is 12.8. The highest BCUT2D eigenvalue weighted by Gasteiger charge is 2.14. The summed E-state index contributed by atoms with van der Waals surface area (Å²) in [6.07, 6.45) is 2.68. The minimum atomic E-state index is -1.18. The maximum atomic E-state index is 11.5. The van der Waals surface area contributed by atoms with Crippen molar-refractivity contribution < 1.29 is 19.4 Å². The molecule has 2 heterocycles. The third-order valence-corrected chi connectivity index (χ3v) is 2.44. The van der Waals surface area contributed by atoms with E-state index in [1.165, 1.54) is 29.2 Å². The van der Waals surface area contributed by atoms with Crippen molar-refractivity contribution in [3.05, 3.63) is 35.8 Å². The molecule has 0 amide bonds. The molecule has 0 saturated heterocycles. The lowest BCUT2D eigenvalue weighted by molar-refractivity contribution is 0.0525. The summed E-state index contributed by atoms with van der Waals surface area (Å²) in [5.74, 6) is -1.56. The number of rotatable bonds is 4. The Labute approximate surface area is 113 Å². The van der Waals surface area contributed by atoms with Gasteiger partial charge in [0.05, 0.1) is 24.1 Å². The van der Waals surface area contributed by atoms with Crippen molar-refractivity contribution in [2.45, 2.75) is 6.92 Å². The number of carbonyl (C=O) groups is 2. The van der Waals surface area contributed by atoms with E-state index in [2.05, 4.69) is 10.1 Å². The quantitative estimate of drug-likeness (QED) is 0.789. The Hall–Kier alpha value is -2.90. The highest BCUT2D eigenvalue weighted by atomic mass is 16.5. The molecule has 3 N–H and O–H groups in total. The Morgan fingerprint density at radius 1 is 1.45 bits per heavy atom. The summed E-state index contributed by atoms with van der Waals surface area (Å²) in [4.78, 5) is 26.3. The second kappa shape index (κ2) is 5.39. The van der Waals surface area contributed by atoms with Crippen molar-refractivity contribution >= 4 is 17.6 Å². The van der Waals surface area contributed by atoms with Gasteiger partial charge in [-0.1, -0.05) is 0 Å². The number of hydrogen-bond donors (Lipinski definition) is 2. The van der Waals surface area contributed by atoms with E-state index in [0.717, 1.165) is 0 Å². The van der Waals surface area contributed by atoms with Gasteiger partial charge in [-0.3, -0.25) is 0 Å². The Balaban J connectivity index is 2.39. The average Bonchev–Trinajstić information content (AvgIpc) is 2.88. The number of nitrogens with two attached hydrogens (primary N) is 1. The predicted octanol–water partition coefficient (Wildman–Crippen LogP) is 0.724. The molecule has 8 nitrogen and oxygen atoms in total. The predicted molar refractivity (Wildman–Crippen MR) is 68.7 cm³/mol. The van der Waals surface area contributed by atoms with E-state index >= 15 is 0 Å². The lowest BCUT2D eigenvalue weighted by Gasteiger charge is -2.05. The first kappa shape index (κ1) is 13.5. The van der Waals surface area contributed by atoms with Gasteiger partial charge in [-0.15, -0.1) is 0 Å². The minimum Gasteiger partial charge on any atom is -0.477 e. The summed E-state index contributed by atoms with van der Waals surface area (Å²) in [5.41, 5.74) is 6.04. The second-order valence-corrected chi connectivity index (χ2v) is 3.81. The van der Waals surface area contributed by atoms with Crippen LogP contribution < -0.4 is 5.73 Å². The number of nitrogen functional groups attached to an aromatic ring is 1. The largest absolute Gasteiger partial charge is 0.477 e. The van der Waals surface area contributed by atoms with Crippen LogP contribution in [0.25, 0.3) is 5.82 Å². The molecule has 0 unspecified atom stereocenters. The maximum Gasteiger partial charge on any atom is 0.354 e. The first-order valence-corrected chi connectivity index (χ1v) is 5.75. The number of hydrogen-bond acceptors (Lipinski definition) is 6. The van der Waals surface area contributed by atoms with Gasteiger partial charge in [0.2, 0.25) is 0 Å². The number of anilines is 1. The molecule has 0 aliphatic carbocycles. The van der Waals surface area contributed by atoms with Crippen LogP contribution >= 0.6 is 0 Å². The fourth-order valence-electron chi connectivity index (χ4n) is 1.52. The zero-order valence-corrected chi connectivity index (χ0v) is 10.6. The Bertz CT molecular complexity index is 665. The van der Waals surface area contributed by atoms with Crippen LogP contribution in [0.15, 0.2) is 24.5 Å². The second-order valence-electron chi connectivity index (χ2n) is 3.81. The number of carboxylic acid groups (broad SMARTS) is 1. The van der Waals surface area contributed by atoms with Crippen LogP contribution in [0.1, 0.15) is 27.8 Å². The van der Waals surface area contributed by atoms with E-state index in [1.807, 2.05) is 0 Å². The molecule has 2 rings (SSSR count). The van der Waals surface area contributed by atoms with Crippen LogP contribution in [0.3, 0.4) is 0 Å². The number of nitrogens with zero attached hydrogens (tertiary/aromatic N) is 3. The highest BCUT2D eigenvalue weighted by Crippen LogP contribution is 2.15. The fraction of sp³-hybridized carbons (Fsp3) is 0.167. The molecule has 2 aromatic heterocycles. The van der Waals surface area contributed by atoms with Crippen molar-refractivity contribution in [3.63, 3.8) is 0 Å². The molecule has 2 aromatic rings.